The fraction of sp³-hybridized carbons (Fsp3) is 1.00. The summed E-state index contributed by atoms with van der Waals surface area (Å²) in [7, 11) is 0.341. The Morgan fingerprint density at radius 3 is 2.65 bits per heavy atom. The van der Waals surface area contributed by atoms with Crippen LogP contribution in [0.5, 0.6) is 0 Å². The van der Waals surface area contributed by atoms with Crippen molar-refractivity contribution in [3.63, 3.8) is 0 Å². The molecule has 1 aliphatic rings. The molecule has 1 heterocycles. The maximum Gasteiger partial charge on any atom is 0.279 e. The first-order valence-electron chi connectivity index (χ1n) is 7.47. The van der Waals surface area contributed by atoms with E-state index in [4.69, 9.17) is 0 Å². The largest absolute Gasteiger partial charge is 0.314 e. The van der Waals surface area contributed by atoms with Crippen molar-refractivity contribution in [1.29, 1.82) is 0 Å². The molecule has 7 heteroatoms. The molecule has 1 saturated heterocycles. The van der Waals surface area contributed by atoms with Gasteiger partial charge in [-0.05, 0) is 39.4 Å². The lowest BCUT2D eigenvalue weighted by atomic mass is 10.2. The number of nitrogens with zero attached hydrogens (tertiary/aromatic N) is 2. The molecule has 0 bridgehead atoms. The SMILES string of the molecule is CC(C)NCCCN(C)S(=O)(=O)NCC1CCCN1C. The Bertz CT molecular complexity index is 373. The van der Waals surface area contributed by atoms with Crippen LogP contribution in [0.1, 0.15) is 33.1 Å². The van der Waals surface area contributed by atoms with E-state index in [2.05, 4.69) is 28.8 Å². The summed E-state index contributed by atoms with van der Waals surface area (Å²) in [6.07, 6.45) is 3.04. The van der Waals surface area contributed by atoms with Gasteiger partial charge in [0, 0.05) is 32.2 Å². The van der Waals surface area contributed by atoms with Crippen LogP contribution >= 0.6 is 0 Å². The molecule has 2 N–H and O–H groups in total. The zero-order chi connectivity index (χ0) is 15.2. The second-order valence-electron chi connectivity index (χ2n) is 5.91. The Hall–Kier alpha value is -0.210. The Morgan fingerprint density at radius 2 is 2.10 bits per heavy atom. The highest BCUT2D eigenvalue weighted by Gasteiger charge is 2.24. The van der Waals surface area contributed by atoms with Gasteiger partial charge in [-0.25, -0.2) is 4.72 Å². The topological polar surface area (TPSA) is 64.7 Å². The lowest BCUT2D eigenvalue weighted by Crippen LogP contribution is -2.44. The molecule has 120 valence electrons. The van der Waals surface area contributed by atoms with E-state index in [1.54, 1.807) is 7.05 Å². The van der Waals surface area contributed by atoms with Gasteiger partial charge in [0.1, 0.15) is 0 Å². The van der Waals surface area contributed by atoms with Crippen molar-refractivity contribution < 1.29 is 8.42 Å². The lowest BCUT2D eigenvalue weighted by Gasteiger charge is -2.22. The van der Waals surface area contributed by atoms with E-state index in [-0.39, 0.29) is 0 Å². The molecule has 1 atom stereocenters. The van der Waals surface area contributed by atoms with Gasteiger partial charge in [0.2, 0.25) is 0 Å². The molecule has 1 fully saturated rings. The first-order valence-corrected chi connectivity index (χ1v) is 8.91. The Labute approximate surface area is 124 Å². The van der Waals surface area contributed by atoms with Crippen LogP contribution in [0.15, 0.2) is 0 Å². The molecule has 20 heavy (non-hydrogen) atoms. The molecule has 0 aliphatic carbocycles. The minimum atomic E-state index is -3.34. The zero-order valence-electron chi connectivity index (χ0n) is 13.2. The van der Waals surface area contributed by atoms with Crippen molar-refractivity contribution in [2.45, 2.75) is 45.2 Å². The summed E-state index contributed by atoms with van der Waals surface area (Å²) in [6.45, 7) is 7.11. The minimum absolute atomic E-state index is 0.334. The average Bonchev–Trinajstić information content (AvgIpc) is 2.77. The summed E-state index contributed by atoms with van der Waals surface area (Å²) in [5.41, 5.74) is 0. The molecule has 0 radical (unpaired) electrons. The summed E-state index contributed by atoms with van der Waals surface area (Å²) < 4.78 is 28.3. The van der Waals surface area contributed by atoms with Gasteiger partial charge in [-0.3, -0.25) is 0 Å². The highest BCUT2D eigenvalue weighted by Crippen LogP contribution is 2.13. The van der Waals surface area contributed by atoms with Gasteiger partial charge in [-0.15, -0.1) is 0 Å². The summed E-state index contributed by atoms with van der Waals surface area (Å²) in [4.78, 5) is 2.22. The van der Waals surface area contributed by atoms with Crippen LogP contribution < -0.4 is 10.0 Å². The van der Waals surface area contributed by atoms with Crippen LogP contribution in [-0.2, 0) is 10.2 Å². The second-order valence-corrected chi connectivity index (χ2v) is 7.78. The monoisotopic (exact) mass is 306 g/mol. The van der Waals surface area contributed by atoms with Crippen LogP contribution in [0, 0.1) is 0 Å². The van der Waals surface area contributed by atoms with Crippen LogP contribution in [0.2, 0.25) is 0 Å². The first-order chi connectivity index (χ1) is 9.33. The first kappa shape index (κ1) is 17.8. The molecule has 1 aliphatic heterocycles. The normalized spacial score (nSPS) is 21.2. The van der Waals surface area contributed by atoms with E-state index in [0.717, 1.165) is 32.4 Å². The van der Waals surface area contributed by atoms with Gasteiger partial charge in [0.05, 0.1) is 0 Å². The molecule has 1 unspecified atom stereocenters. The molecule has 0 aromatic rings. The van der Waals surface area contributed by atoms with Gasteiger partial charge in [-0.2, -0.15) is 12.7 Å². The van der Waals surface area contributed by atoms with Crippen LogP contribution in [0.4, 0.5) is 0 Å². The van der Waals surface area contributed by atoms with Crippen LogP contribution in [0.25, 0.3) is 0 Å². The van der Waals surface area contributed by atoms with Crippen molar-refractivity contribution >= 4 is 10.2 Å². The molecular formula is C13H30N4O2S. The number of nitrogens with one attached hydrogen (secondary N) is 2. The number of likely N-dealkylation sites (tertiary alicyclic amines) is 1. The fourth-order valence-electron chi connectivity index (χ4n) is 2.36. The van der Waals surface area contributed by atoms with Gasteiger partial charge in [-0.1, -0.05) is 13.8 Å². The molecule has 6 nitrogen and oxygen atoms in total. The summed E-state index contributed by atoms with van der Waals surface area (Å²) in [5.74, 6) is 0. The van der Waals surface area contributed by atoms with Crippen LogP contribution in [-0.4, -0.2) is 70.0 Å². The van der Waals surface area contributed by atoms with Crippen molar-refractivity contribution in [3.8, 4) is 0 Å². The average molecular weight is 306 g/mol. The maximum absolute atomic E-state index is 12.1. The highest BCUT2D eigenvalue weighted by atomic mass is 32.2. The summed E-state index contributed by atoms with van der Waals surface area (Å²) in [6, 6.07) is 0.772. The van der Waals surface area contributed by atoms with E-state index in [9.17, 15) is 8.42 Å². The van der Waals surface area contributed by atoms with E-state index in [1.807, 2.05) is 7.05 Å². The van der Waals surface area contributed by atoms with E-state index in [1.165, 1.54) is 4.31 Å². The third-order valence-corrected chi connectivity index (χ3v) is 5.32. The Balaban J connectivity index is 2.28. The molecular weight excluding hydrogens is 276 g/mol. The van der Waals surface area contributed by atoms with Gasteiger partial charge in [0.25, 0.3) is 10.2 Å². The van der Waals surface area contributed by atoms with Gasteiger partial charge < -0.3 is 10.2 Å². The van der Waals surface area contributed by atoms with Crippen molar-refractivity contribution in [2.24, 2.45) is 0 Å². The fourth-order valence-corrected chi connectivity index (χ4v) is 3.35. The molecule has 1 rings (SSSR count). The Morgan fingerprint density at radius 1 is 1.40 bits per heavy atom. The third kappa shape index (κ3) is 6.05. The number of hydrogen-bond donors (Lipinski definition) is 2. The minimum Gasteiger partial charge on any atom is -0.314 e. The second kappa shape index (κ2) is 8.29. The highest BCUT2D eigenvalue weighted by molar-refractivity contribution is 7.87. The third-order valence-electron chi connectivity index (χ3n) is 3.79. The summed E-state index contributed by atoms with van der Waals surface area (Å²) in [5, 5.41) is 3.29. The van der Waals surface area contributed by atoms with Crippen molar-refractivity contribution in [3.05, 3.63) is 0 Å². The summed E-state index contributed by atoms with van der Waals surface area (Å²) >= 11 is 0. The molecule has 0 saturated carbocycles. The number of rotatable bonds is 9. The van der Waals surface area contributed by atoms with E-state index < -0.39 is 10.2 Å². The van der Waals surface area contributed by atoms with E-state index >= 15 is 0 Å². The number of hydrogen-bond acceptors (Lipinski definition) is 4. The predicted octanol–water partition coefficient (Wildman–Crippen LogP) is 0.235. The standard InChI is InChI=1S/C13H30N4O2S/c1-12(2)14-8-6-10-17(4)20(18,19)15-11-13-7-5-9-16(13)3/h12-15H,5-11H2,1-4H3. The quantitative estimate of drug-likeness (QED) is 0.599. The predicted molar refractivity (Wildman–Crippen MR) is 83.0 cm³/mol. The van der Waals surface area contributed by atoms with Gasteiger partial charge in [0.15, 0.2) is 0 Å². The molecule has 0 aromatic heterocycles. The lowest BCUT2D eigenvalue weighted by molar-refractivity contribution is 0.308. The molecule has 0 aromatic carbocycles. The van der Waals surface area contributed by atoms with Crippen LogP contribution in [0.3, 0.4) is 0 Å². The molecule has 0 spiro atoms. The van der Waals surface area contributed by atoms with Crippen molar-refractivity contribution in [2.75, 3.05) is 40.3 Å². The van der Waals surface area contributed by atoms with Crippen molar-refractivity contribution in [1.82, 2.24) is 19.2 Å². The number of likely N-dealkylation sites (N-methyl/N-ethyl adjacent to an activating group) is 1. The maximum atomic E-state index is 12.1. The smallest absolute Gasteiger partial charge is 0.279 e. The Kier molecular flexibility index (Phi) is 7.39. The zero-order valence-corrected chi connectivity index (χ0v) is 14.0. The van der Waals surface area contributed by atoms with E-state index in [0.29, 0.717) is 25.2 Å². The van der Waals surface area contributed by atoms with Gasteiger partial charge >= 0.3 is 0 Å². The molecule has 0 amide bonds.